The van der Waals surface area contributed by atoms with E-state index in [4.69, 9.17) is 5.26 Å². The zero-order chi connectivity index (χ0) is 8.32. The maximum atomic E-state index is 8.86. The highest BCUT2D eigenvalue weighted by Gasteiger charge is 2.29. The van der Waals surface area contributed by atoms with Gasteiger partial charge in [-0.15, -0.1) is 0 Å². The van der Waals surface area contributed by atoms with Crippen molar-refractivity contribution < 1.29 is 0 Å². The second-order valence-electron chi connectivity index (χ2n) is 4.02. The van der Waals surface area contributed by atoms with Crippen LogP contribution in [0.4, 0.5) is 0 Å². The molecular weight excluding hydrogens is 134 g/mol. The van der Waals surface area contributed by atoms with Gasteiger partial charge in [0.1, 0.15) is 0 Å². The molecule has 0 heterocycles. The minimum Gasteiger partial charge on any atom is -0.198 e. The van der Waals surface area contributed by atoms with Crippen LogP contribution >= 0.6 is 0 Å². The molecule has 0 spiro atoms. The summed E-state index contributed by atoms with van der Waals surface area (Å²) in [5, 5.41) is 8.86. The molecule has 0 aromatic rings. The van der Waals surface area contributed by atoms with Gasteiger partial charge in [-0.2, -0.15) is 5.26 Å². The van der Waals surface area contributed by atoms with Gasteiger partial charge in [-0.1, -0.05) is 13.3 Å². The lowest BCUT2D eigenvalue weighted by Crippen LogP contribution is -2.22. The van der Waals surface area contributed by atoms with Crippen molar-refractivity contribution >= 4 is 0 Å². The summed E-state index contributed by atoms with van der Waals surface area (Å²) in [6.45, 7) is 4.35. The standard InChI is InChI=1S/C10H17N/c1-3-9-4-6-10(2,8-11)7-5-9/h9H,3-7H2,1-2H3. The molecule has 0 atom stereocenters. The van der Waals surface area contributed by atoms with Gasteiger partial charge in [-0.05, 0) is 38.5 Å². The molecule has 1 nitrogen and oxygen atoms in total. The van der Waals surface area contributed by atoms with Crippen molar-refractivity contribution in [3.05, 3.63) is 0 Å². The van der Waals surface area contributed by atoms with Crippen LogP contribution in [-0.2, 0) is 0 Å². The van der Waals surface area contributed by atoms with Crippen molar-refractivity contribution in [1.29, 1.82) is 5.26 Å². The number of hydrogen-bond donors (Lipinski definition) is 0. The average molecular weight is 151 g/mol. The van der Waals surface area contributed by atoms with Crippen LogP contribution in [0.2, 0.25) is 0 Å². The Hall–Kier alpha value is -0.510. The number of hydrogen-bond acceptors (Lipinski definition) is 1. The molecule has 62 valence electrons. The largest absolute Gasteiger partial charge is 0.198 e. The highest BCUT2D eigenvalue weighted by molar-refractivity contribution is 4.98. The average Bonchev–Trinajstić information content (AvgIpc) is 2.06. The van der Waals surface area contributed by atoms with Crippen LogP contribution in [0.25, 0.3) is 0 Å². The predicted octanol–water partition coefficient (Wildman–Crippen LogP) is 3.12. The van der Waals surface area contributed by atoms with E-state index in [0.29, 0.717) is 0 Å². The first kappa shape index (κ1) is 8.59. The van der Waals surface area contributed by atoms with Crippen LogP contribution in [0.3, 0.4) is 0 Å². The van der Waals surface area contributed by atoms with E-state index < -0.39 is 0 Å². The molecule has 11 heavy (non-hydrogen) atoms. The van der Waals surface area contributed by atoms with E-state index in [1.807, 2.05) is 0 Å². The maximum absolute atomic E-state index is 8.86. The lowest BCUT2D eigenvalue weighted by atomic mass is 9.72. The van der Waals surface area contributed by atoms with Crippen LogP contribution in [0, 0.1) is 22.7 Å². The molecule has 0 aliphatic heterocycles. The molecule has 0 radical (unpaired) electrons. The quantitative estimate of drug-likeness (QED) is 0.565. The Labute approximate surface area is 69.4 Å². The fourth-order valence-corrected chi connectivity index (χ4v) is 1.83. The highest BCUT2D eigenvalue weighted by atomic mass is 14.4. The van der Waals surface area contributed by atoms with E-state index in [-0.39, 0.29) is 5.41 Å². The topological polar surface area (TPSA) is 23.8 Å². The van der Waals surface area contributed by atoms with E-state index in [2.05, 4.69) is 19.9 Å². The van der Waals surface area contributed by atoms with Crippen molar-refractivity contribution in [2.75, 3.05) is 0 Å². The van der Waals surface area contributed by atoms with Gasteiger partial charge in [-0.3, -0.25) is 0 Å². The van der Waals surface area contributed by atoms with Crippen molar-refractivity contribution in [3.63, 3.8) is 0 Å². The molecule has 0 amide bonds. The van der Waals surface area contributed by atoms with E-state index in [1.54, 1.807) is 0 Å². The number of nitriles is 1. The Kier molecular flexibility index (Phi) is 2.54. The van der Waals surface area contributed by atoms with Gasteiger partial charge in [-0.25, -0.2) is 0 Å². The third-order valence-corrected chi connectivity index (χ3v) is 3.06. The Morgan fingerprint density at radius 2 is 2.00 bits per heavy atom. The third-order valence-electron chi connectivity index (χ3n) is 3.06. The fourth-order valence-electron chi connectivity index (χ4n) is 1.83. The summed E-state index contributed by atoms with van der Waals surface area (Å²) >= 11 is 0. The third kappa shape index (κ3) is 1.96. The monoisotopic (exact) mass is 151 g/mol. The molecule has 1 aliphatic carbocycles. The van der Waals surface area contributed by atoms with Gasteiger partial charge in [0.05, 0.1) is 11.5 Å². The SMILES string of the molecule is CCC1CCC(C)(C#N)CC1. The van der Waals surface area contributed by atoms with E-state index in [0.717, 1.165) is 18.8 Å². The molecule has 0 bridgehead atoms. The minimum absolute atomic E-state index is 0.00563. The summed E-state index contributed by atoms with van der Waals surface area (Å²) in [5.74, 6) is 0.899. The van der Waals surface area contributed by atoms with Crippen LogP contribution in [0.5, 0.6) is 0 Å². The highest BCUT2D eigenvalue weighted by Crippen LogP contribution is 2.38. The summed E-state index contributed by atoms with van der Waals surface area (Å²) in [6.07, 6.45) is 6.05. The molecule has 1 saturated carbocycles. The second kappa shape index (κ2) is 3.26. The summed E-state index contributed by atoms with van der Waals surface area (Å²) in [4.78, 5) is 0. The zero-order valence-corrected chi connectivity index (χ0v) is 7.56. The van der Waals surface area contributed by atoms with Gasteiger partial charge in [0.2, 0.25) is 0 Å². The van der Waals surface area contributed by atoms with Crippen molar-refractivity contribution in [3.8, 4) is 6.07 Å². The van der Waals surface area contributed by atoms with Crippen molar-refractivity contribution in [2.24, 2.45) is 11.3 Å². The smallest absolute Gasteiger partial charge is 0.0686 e. The first-order valence-electron chi connectivity index (χ1n) is 4.61. The Morgan fingerprint density at radius 3 is 2.36 bits per heavy atom. The zero-order valence-electron chi connectivity index (χ0n) is 7.56. The van der Waals surface area contributed by atoms with Gasteiger partial charge in [0.25, 0.3) is 0 Å². The molecular formula is C10H17N. The normalized spacial score (nSPS) is 38.1. The summed E-state index contributed by atoms with van der Waals surface area (Å²) in [5.41, 5.74) is 0.00563. The van der Waals surface area contributed by atoms with E-state index >= 15 is 0 Å². The summed E-state index contributed by atoms with van der Waals surface area (Å²) in [6, 6.07) is 2.42. The molecule has 1 heteroatoms. The number of nitrogens with zero attached hydrogens (tertiary/aromatic N) is 1. The van der Waals surface area contributed by atoms with E-state index in [9.17, 15) is 0 Å². The molecule has 1 rings (SSSR count). The molecule has 0 N–H and O–H groups in total. The second-order valence-corrected chi connectivity index (χ2v) is 4.02. The first-order valence-corrected chi connectivity index (χ1v) is 4.61. The van der Waals surface area contributed by atoms with Gasteiger partial charge >= 0.3 is 0 Å². The van der Waals surface area contributed by atoms with Crippen LogP contribution in [0.15, 0.2) is 0 Å². The molecule has 1 aliphatic rings. The molecule has 0 saturated heterocycles. The maximum Gasteiger partial charge on any atom is 0.0686 e. The van der Waals surface area contributed by atoms with E-state index in [1.165, 1.54) is 19.3 Å². The predicted molar refractivity (Wildman–Crippen MR) is 46.0 cm³/mol. The Bertz CT molecular complexity index is 158. The van der Waals surface area contributed by atoms with Gasteiger partial charge in [0, 0.05) is 0 Å². The Balaban J connectivity index is 2.43. The van der Waals surface area contributed by atoms with Crippen molar-refractivity contribution in [1.82, 2.24) is 0 Å². The van der Waals surface area contributed by atoms with Gasteiger partial charge in [0.15, 0.2) is 0 Å². The summed E-state index contributed by atoms with van der Waals surface area (Å²) in [7, 11) is 0. The molecule has 0 aromatic heterocycles. The van der Waals surface area contributed by atoms with Crippen molar-refractivity contribution in [2.45, 2.75) is 46.0 Å². The molecule has 1 fully saturated rings. The van der Waals surface area contributed by atoms with Crippen LogP contribution < -0.4 is 0 Å². The fraction of sp³-hybridized carbons (Fsp3) is 0.900. The lowest BCUT2D eigenvalue weighted by Gasteiger charge is -2.31. The minimum atomic E-state index is 0.00563. The van der Waals surface area contributed by atoms with Crippen LogP contribution in [-0.4, -0.2) is 0 Å². The van der Waals surface area contributed by atoms with Gasteiger partial charge < -0.3 is 0 Å². The number of rotatable bonds is 1. The summed E-state index contributed by atoms with van der Waals surface area (Å²) < 4.78 is 0. The lowest BCUT2D eigenvalue weighted by molar-refractivity contribution is 0.225. The molecule has 0 unspecified atom stereocenters. The first-order chi connectivity index (χ1) is 5.20. The molecule has 0 aromatic carbocycles. The van der Waals surface area contributed by atoms with Crippen LogP contribution in [0.1, 0.15) is 46.0 Å². The Morgan fingerprint density at radius 1 is 1.45 bits per heavy atom.